The highest BCUT2D eigenvalue weighted by Gasteiger charge is 2.50. The van der Waals surface area contributed by atoms with E-state index in [4.69, 9.17) is 34.0 Å². The number of phosphoric acid groups is 3. The van der Waals surface area contributed by atoms with Gasteiger partial charge in [-0.05, 0) is 38.0 Å². The fourth-order valence-corrected chi connectivity index (χ4v) is 10.8. The van der Waals surface area contributed by atoms with Crippen molar-refractivity contribution in [2.24, 2.45) is 0 Å². The number of phosphoric ester groups is 1. The highest BCUT2D eigenvalue weighted by Crippen LogP contribution is 2.66. The zero-order chi connectivity index (χ0) is 51.7. The molecule has 5 heterocycles. The van der Waals surface area contributed by atoms with Crippen molar-refractivity contribution in [1.82, 2.24) is 30.2 Å². The first-order valence-corrected chi connectivity index (χ1v) is 27.6. The Morgan fingerprint density at radius 2 is 1.69 bits per heavy atom. The average Bonchev–Trinajstić information content (AvgIpc) is 3.84. The minimum absolute atomic E-state index is 0.0112. The number of nitrogens with zero attached hydrogens (tertiary/aromatic N) is 6. The van der Waals surface area contributed by atoms with Gasteiger partial charge in [0.15, 0.2) is 36.2 Å². The number of benzene rings is 1. The number of aryl methyl sites for hydroxylation is 1. The molecule has 1 aliphatic rings. The standard InChI is InChI=1S/C38H50N9O20P3S/c1-2-46(26-9-8-25-19-27(37(50)64-28(25)20-26)24-10-16-45(17-11-24)14-6-18-71(59,60)61)15-5-3-4-7-30(48)40-12-13-41-38(51)65-33-32(49)29(21-62-69(55,56)67-70(57,58)66-68(52,53)54)63-36(33)47-23-44-31-34(39)42-22-43-35(31)47/h8-11,16-17,19-20,22-23,29,32-33,36,49H,2-7,12-15,18,21H2,1H3,(H8-,39,40,41,42,43,48,51,52,53,54,55,56,57,58,59,60,61)/p+1/t29-,32-,33-,36-/m1/s1. The molecule has 4 aromatic heterocycles. The summed E-state index contributed by atoms with van der Waals surface area (Å²) in [6.45, 7) is 2.44. The largest absolute Gasteiger partial charge is 0.490 e. The lowest BCUT2D eigenvalue weighted by Crippen LogP contribution is -2.41. The Bertz CT molecular complexity index is 3010. The molecule has 1 aliphatic heterocycles. The van der Waals surface area contributed by atoms with Crippen molar-refractivity contribution in [2.75, 3.05) is 49.2 Å². The van der Waals surface area contributed by atoms with E-state index in [-0.39, 0.29) is 54.6 Å². The number of carbonyl (C=O) groups is 2. The topological polar surface area (TPSA) is 418 Å². The van der Waals surface area contributed by atoms with Gasteiger partial charge in [0.2, 0.25) is 5.91 Å². The van der Waals surface area contributed by atoms with Crippen LogP contribution in [-0.2, 0) is 57.8 Å². The number of aliphatic hydroxyl groups excluding tert-OH is 1. The van der Waals surface area contributed by atoms with Crippen LogP contribution in [0.3, 0.4) is 0 Å². The van der Waals surface area contributed by atoms with Crippen LogP contribution in [0, 0.1) is 0 Å². The first-order valence-electron chi connectivity index (χ1n) is 21.4. The molecule has 10 N–H and O–H groups in total. The lowest BCUT2D eigenvalue weighted by atomic mass is 10.1. The number of nitrogens with one attached hydrogen (secondary N) is 2. The summed E-state index contributed by atoms with van der Waals surface area (Å²) in [7, 11) is -21.2. The van der Waals surface area contributed by atoms with Crippen molar-refractivity contribution in [1.29, 1.82) is 0 Å². The number of unbranched alkanes of at least 4 members (excludes halogenated alkanes) is 2. The number of aromatic nitrogens is 5. The predicted molar refractivity (Wildman–Crippen MR) is 246 cm³/mol. The Hall–Kier alpha value is -5.29. The number of anilines is 2. The number of rotatable bonds is 25. The SMILES string of the molecule is CCN(CCCCCC(=O)NCCNC(=O)O[C@@H]1[C@H](O)[C@@H](COP(=O)(O)OP(=O)(O)OP(=O)(O)O)O[C@H]1n1cnc2c(N)ncnc21)c1ccc2cc(-c3cc[n+](CCCS(=O)(=O)O)cc3)c(=O)oc2c1. The molecule has 2 amide bonds. The zero-order valence-electron chi connectivity index (χ0n) is 37.5. The predicted octanol–water partition coefficient (Wildman–Crippen LogP) is 1.65. The van der Waals surface area contributed by atoms with Crippen LogP contribution in [0.1, 0.15) is 45.3 Å². The second kappa shape index (κ2) is 23.5. The number of hydrogen-bond acceptors (Lipinski definition) is 20. The van der Waals surface area contributed by atoms with Crippen molar-refractivity contribution >= 4 is 79.2 Å². The van der Waals surface area contributed by atoms with E-state index in [1.54, 1.807) is 41.2 Å². The van der Waals surface area contributed by atoms with Crippen LogP contribution in [0.15, 0.2) is 70.7 Å². The van der Waals surface area contributed by atoms with Crippen LogP contribution < -0.4 is 31.5 Å². The number of hydrogen-bond donors (Lipinski definition) is 9. The Balaban J connectivity index is 0.940. The molecule has 29 nitrogen and oxygen atoms in total. The normalized spacial score (nSPS) is 19.0. The number of ether oxygens (including phenoxy) is 2. The third kappa shape index (κ3) is 15.8. The summed E-state index contributed by atoms with van der Waals surface area (Å²) in [5, 5.41) is 17.0. The minimum Gasteiger partial charge on any atom is -0.439 e. The molecular weight excluding hydrogens is 1030 g/mol. The van der Waals surface area contributed by atoms with Gasteiger partial charge in [0, 0.05) is 73.9 Å². The molecule has 6 atom stereocenters. The van der Waals surface area contributed by atoms with Crippen LogP contribution in [0.2, 0.25) is 0 Å². The molecule has 0 spiro atoms. The molecule has 0 bridgehead atoms. The van der Waals surface area contributed by atoms with Crippen LogP contribution in [0.4, 0.5) is 16.3 Å². The molecule has 388 valence electrons. The van der Waals surface area contributed by atoms with Gasteiger partial charge in [-0.2, -0.15) is 17.0 Å². The van der Waals surface area contributed by atoms with Crippen LogP contribution >= 0.6 is 23.5 Å². The number of alkyl carbamates (subject to hydrolysis) is 1. The Morgan fingerprint density at radius 3 is 2.39 bits per heavy atom. The van der Waals surface area contributed by atoms with E-state index in [0.29, 0.717) is 54.6 Å². The lowest BCUT2D eigenvalue weighted by molar-refractivity contribution is -0.696. The number of carbonyl (C=O) groups excluding carboxylic acids is 2. The molecule has 1 aromatic carbocycles. The van der Waals surface area contributed by atoms with Gasteiger partial charge in [0.25, 0.3) is 10.1 Å². The highest BCUT2D eigenvalue weighted by molar-refractivity contribution is 7.85. The minimum atomic E-state index is -5.86. The van der Waals surface area contributed by atoms with Gasteiger partial charge in [0.1, 0.15) is 36.2 Å². The third-order valence-corrected chi connectivity index (χ3v) is 15.2. The molecule has 1 fully saturated rings. The number of imidazole rings is 1. The molecule has 6 rings (SSSR count). The van der Waals surface area contributed by atoms with E-state index >= 15 is 0 Å². The monoisotopic (exact) mass is 1080 g/mol. The summed E-state index contributed by atoms with van der Waals surface area (Å²) in [5.74, 6) is -0.683. The first kappa shape index (κ1) is 55.0. The average molecular weight is 1080 g/mol. The third-order valence-electron chi connectivity index (χ3n) is 10.6. The highest BCUT2D eigenvalue weighted by atomic mass is 32.2. The van der Waals surface area contributed by atoms with Gasteiger partial charge in [-0.3, -0.25) is 18.4 Å². The Morgan fingerprint density at radius 1 is 0.958 bits per heavy atom. The molecule has 1 saturated heterocycles. The summed E-state index contributed by atoms with van der Waals surface area (Å²) < 4.78 is 97.9. The van der Waals surface area contributed by atoms with Crippen molar-refractivity contribution < 1.29 is 92.5 Å². The summed E-state index contributed by atoms with van der Waals surface area (Å²) in [4.78, 5) is 89.6. The van der Waals surface area contributed by atoms with E-state index in [9.17, 15) is 51.4 Å². The van der Waals surface area contributed by atoms with E-state index in [2.05, 4.69) is 43.6 Å². The molecule has 71 heavy (non-hydrogen) atoms. The number of pyridine rings is 1. The van der Waals surface area contributed by atoms with Crippen molar-refractivity contribution in [3.05, 3.63) is 71.9 Å². The number of fused-ring (bicyclic) bond motifs is 2. The fraction of sp³-hybridized carbons (Fsp3) is 0.447. The summed E-state index contributed by atoms with van der Waals surface area (Å²) in [5.41, 5.74) is 7.73. The second-order valence-corrected chi connectivity index (χ2v) is 21.7. The summed E-state index contributed by atoms with van der Waals surface area (Å²) in [6.07, 6.45) is 0.439. The van der Waals surface area contributed by atoms with Gasteiger partial charge in [0.05, 0.1) is 24.3 Å². The van der Waals surface area contributed by atoms with Gasteiger partial charge >= 0.3 is 35.2 Å². The molecule has 2 unspecified atom stereocenters. The van der Waals surface area contributed by atoms with Crippen LogP contribution in [0.5, 0.6) is 0 Å². The van der Waals surface area contributed by atoms with Crippen molar-refractivity contribution in [3.63, 3.8) is 0 Å². The fourth-order valence-electron chi connectivity index (χ4n) is 7.30. The number of aliphatic hydroxyl groups is 1. The van der Waals surface area contributed by atoms with E-state index in [1.807, 2.05) is 19.1 Å². The molecular formula is C38H51N9O20P3S+. The molecule has 0 aliphatic carbocycles. The maximum Gasteiger partial charge on any atom is 0.490 e. The maximum atomic E-state index is 13.0. The van der Waals surface area contributed by atoms with Gasteiger partial charge in [-0.1, -0.05) is 6.42 Å². The zero-order valence-corrected chi connectivity index (χ0v) is 41.0. The Kier molecular flexibility index (Phi) is 18.2. The van der Waals surface area contributed by atoms with Crippen molar-refractivity contribution in [2.45, 2.75) is 70.1 Å². The van der Waals surface area contributed by atoms with Crippen molar-refractivity contribution in [3.8, 4) is 11.1 Å². The summed E-state index contributed by atoms with van der Waals surface area (Å²) >= 11 is 0. The van der Waals surface area contributed by atoms with Gasteiger partial charge < -0.3 is 59.8 Å². The maximum absolute atomic E-state index is 13.0. The number of amides is 2. The molecule has 0 radical (unpaired) electrons. The Labute approximate surface area is 403 Å². The quantitative estimate of drug-likeness (QED) is 0.0132. The first-order chi connectivity index (χ1) is 33.4. The molecule has 0 saturated carbocycles. The summed E-state index contributed by atoms with van der Waals surface area (Å²) in [6, 6.07) is 10.8. The van der Waals surface area contributed by atoms with E-state index in [0.717, 1.165) is 18.4 Å². The van der Waals surface area contributed by atoms with Crippen LogP contribution in [0.25, 0.3) is 33.3 Å². The lowest BCUT2D eigenvalue weighted by Gasteiger charge is -2.23. The van der Waals surface area contributed by atoms with Gasteiger partial charge in [-0.15, -0.1) is 0 Å². The van der Waals surface area contributed by atoms with Gasteiger partial charge in [-0.25, -0.2) is 42.8 Å². The molecule has 33 heteroatoms. The van der Waals surface area contributed by atoms with E-state index < -0.39 is 76.5 Å². The molecule has 5 aromatic rings. The number of nitrogens with two attached hydrogens (primary N) is 1. The van der Waals surface area contributed by atoms with Crippen LogP contribution in [-0.4, -0.2) is 126 Å². The second-order valence-electron chi connectivity index (χ2n) is 15.7. The number of nitrogen functional groups attached to an aromatic ring is 1. The van der Waals surface area contributed by atoms with E-state index in [1.165, 1.54) is 10.9 Å². The smallest absolute Gasteiger partial charge is 0.439 e.